The van der Waals surface area contributed by atoms with Gasteiger partial charge >= 0.3 is 0 Å². The molecule has 0 atom stereocenters. The SMILES string of the molecule is CNc1ncccc1CN1CCN(c2nccs2)CC1. The number of aromatic nitrogens is 2. The minimum Gasteiger partial charge on any atom is -0.373 e. The Bertz CT molecular complexity index is 534. The molecule has 0 saturated carbocycles. The zero-order valence-corrected chi connectivity index (χ0v) is 12.4. The van der Waals surface area contributed by atoms with E-state index in [4.69, 9.17) is 0 Å². The quantitative estimate of drug-likeness (QED) is 0.931. The number of hydrogen-bond donors (Lipinski definition) is 1. The number of rotatable bonds is 4. The summed E-state index contributed by atoms with van der Waals surface area (Å²) < 4.78 is 0. The third kappa shape index (κ3) is 2.91. The zero-order valence-electron chi connectivity index (χ0n) is 11.6. The maximum absolute atomic E-state index is 4.38. The Kier molecular flexibility index (Phi) is 4.13. The van der Waals surface area contributed by atoms with Crippen LogP contribution < -0.4 is 10.2 Å². The van der Waals surface area contributed by atoms with Crippen LogP contribution in [0.1, 0.15) is 5.56 Å². The van der Waals surface area contributed by atoms with Gasteiger partial charge < -0.3 is 10.2 Å². The summed E-state index contributed by atoms with van der Waals surface area (Å²) in [6, 6.07) is 4.15. The molecule has 0 bridgehead atoms. The molecule has 2 aromatic rings. The van der Waals surface area contributed by atoms with Gasteiger partial charge in [-0.3, -0.25) is 4.90 Å². The Morgan fingerprint density at radius 3 is 2.75 bits per heavy atom. The second-order valence-electron chi connectivity index (χ2n) is 4.84. The molecule has 1 aliphatic rings. The highest BCUT2D eigenvalue weighted by molar-refractivity contribution is 7.13. The fourth-order valence-corrected chi connectivity index (χ4v) is 3.20. The fraction of sp³-hybridized carbons (Fsp3) is 0.429. The first-order valence-electron chi connectivity index (χ1n) is 6.85. The van der Waals surface area contributed by atoms with Crippen LogP contribution in [-0.4, -0.2) is 48.1 Å². The van der Waals surface area contributed by atoms with Crippen molar-refractivity contribution in [2.24, 2.45) is 0 Å². The summed E-state index contributed by atoms with van der Waals surface area (Å²) in [4.78, 5) is 13.6. The van der Waals surface area contributed by atoms with Crippen molar-refractivity contribution < 1.29 is 0 Å². The minimum absolute atomic E-state index is 0.954. The molecule has 1 fully saturated rings. The predicted molar refractivity (Wildman–Crippen MR) is 83.4 cm³/mol. The van der Waals surface area contributed by atoms with Gasteiger partial charge in [-0.15, -0.1) is 11.3 Å². The van der Waals surface area contributed by atoms with Crippen LogP contribution in [-0.2, 0) is 6.54 Å². The third-order valence-corrected chi connectivity index (χ3v) is 4.42. The molecule has 0 aromatic carbocycles. The topological polar surface area (TPSA) is 44.3 Å². The molecule has 2 aromatic heterocycles. The molecule has 1 aliphatic heterocycles. The molecule has 0 amide bonds. The molecule has 0 unspecified atom stereocenters. The second-order valence-corrected chi connectivity index (χ2v) is 5.71. The average Bonchev–Trinajstić information content (AvgIpc) is 3.03. The van der Waals surface area contributed by atoms with Crippen LogP contribution in [0.4, 0.5) is 10.9 Å². The Hall–Kier alpha value is -1.66. The number of nitrogens with one attached hydrogen (secondary N) is 1. The summed E-state index contributed by atoms with van der Waals surface area (Å²) in [5, 5.41) is 6.34. The summed E-state index contributed by atoms with van der Waals surface area (Å²) in [5.41, 5.74) is 1.26. The molecular weight excluding hydrogens is 270 g/mol. The van der Waals surface area contributed by atoms with Gasteiger partial charge in [-0.05, 0) is 6.07 Å². The molecule has 1 saturated heterocycles. The first kappa shape index (κ1) is 13.3. The smallest absolute Gasteiger partial charge is 0.185 e. The molecule has 0 radical (unpaired) electrons. The van der Waals surface area contributed by atoms with Gasteiger partial charge in [0.05, 0.1) is 0 Å². The van der Waals surface area contributed by atoms with Crippen molar-refractivity contribution in [2.45, 2.75) is 6.54 Å². The molecule has 5 nitrogen and oxygen atoms in total. The minimum atomic E-state index is 0.954. The van der Waals surface area contributed by atoms with Crippen LogP contribution in [0.2, 0.25) is 0 Å². The van der Waals surface area contributed by atoms with Crippen LogP contribution in [0.3, 0.4) is 0 Å². The maximum atomic E-state index is 4.38. The summed E-state index contributed by atoms with van der Waals surface area (Å²) >= 11 is 1.72. The number of anilines is 2. The van der Waals surface area contributed by atoms with Crippen molar-refractivity contribution in [2.75, 3.05) is 43.4 Å². The number of hydrogen-bond acceptors (Lipinski definition) is 6. The van der Waals surface area contributed by atoms with Crippen LogP contribution >= 0.6 is 11.3 Å². The molecular formula is C14H19N5S. The number of nitrogens with zero attached hydrogens (tertiary/aromatic N) is 4. The average molecular weight is 289 g/mol. The maximum Gasteiger partial charge on any atom is 0.185 e. The van der Waals surface area contributed by atoms with E-state index in [2.05, 4.69) is 31.2 Å². The molecule has 3 heterocycles. The van der Waals surface area contributed by atoms with Crippen LogP contribution in [0.15, 0.2) is 29.9 Å². The van der Waals surface area contributed by atoms with Gasteiger partial charge in [-0.1, -0.05) is 6.07 Å². The second kappa shape index (κ2) is 6.19. The summed E-state index contributed by atoms with van der Waals surface area (Å²) in [5.74, 6) is 0.981. The molecule has 1 N–H and O–H groups in total. The first-order chi connectivity index (χ1) is 9.86. The monoisotopic (exact) mass is 289 g/mol. The highest BCUT2D eigenvalue weighted by Gasteiger charge is 2.19. The molecule has 0 aliphatic carbocycles. The first-order valence-corrected chi connectivity index (χ1v) is 7.73. The predicted octanol–water partition coefficient (Wildman–Crippen LogP) is 1.90. The largest absolute Gasteiger partial charge is 0.373 e. The molecule has 20 heavy (non-hydrogen) atoms. The van der Waals surface area contributed by atoms with Crippen LogP contribution in [0.25, 0.3) is 0 Å². The van der Waals surface area contributed by atoms with Gasteiger partial charge in [0.2, 0.25) is 0 Å². The highest BCUT2D eigenvalue weighted by Crippen LogP contribution is 2.20. The molecule has 0 spiro atoms. The summed E-state index contributed by atoms with van der Waals surface area (Å²) in [7, 11) is 1.92. The van der Waals surface area contributed by atoms with E-state index in [0.29, 0.717) is 0 Å². The Labute approximate surface area is 123 Å². The number of thiazole rings is 1. The van der Waals surface area contributed by atoms with Crippen molar-refractivity contribution in [3.05, 3.63) is 35.5 Å². The Morgan fingerprint density at radius 1 is 1.20 bits per heavy atom. The van der Waals surface area contributed by atoms with E-state index in [1.165, 1.54) is 5.56 Å². The van der Waals surface area contributed by atoms with Crippen molar-refractivity contribution >= 4 is 22.3 Å². The summed E-state index contributed by atoms with van der Waals surface area (Å²) in [6.07, 6.45) is 3.71. The van der Waals surface area contributed by atoms with Crippen LogP contribution in [0, 0.1) is 0 Å². The third-order valence-electron chi connectivity index (χ3n) is 3.58. The van der Waals surface area contributed by atoms with Crippen molar-refractivity contribution in [3.8, 4) is 0 Å². The Morgan fingerprint density at radius 2 is 2.05 bits per heavy atom. The van der Waals surface area contributed by atoms with Gasteiger partial charge in [-0.2, -0.15) is 0 Å². The van der Waals surface area contributed by atoms with Gasteiger partial charge in [0, 0.05) is 63.1 Å². The number of piperazine rings is 1. The van der Waals surface area contributed by atoms with E-state index in [1.54, 1.807) is 11.3 Å². The van der Waals surface area contributed by atoms with E-state index >= 15 is 0 Å². The molecule has 3 rings (SSSR count). The van der Waals surface area contributed by atoms with Gasteiger partial charge in [-0.25, -0.2) is 9.97 Å². The van der Waals surface area contributed by atoms with E-state index in [0.717, 1.165) is 43.7 Å². The van der Waals surface area contributed by atoms with Crippen molar-refractivity contribution in [3.63, 3.8) is 0 Å². The fourth-order valence-electron chi connectivity index (χ4n) is 2.50. The normalized spacial score (nSPS) is 16.4. The standard InChI is InChI=1S/C14H19N5S/c1-15-13-12(3-2-4-16-13)11-18-6-8-19(9-7-18)14-17-5-10-20-14/h2-5,10H,6-9,11H2,1H3,(H,15,16). The van der Waals surface area contributed by atoms with Crippen molar-refractivity contribution in [1.82, 2.24) is 14.9 Å². The lowest BCUT2D eigenvalue weighted by Crippen LogP contribution is -2.46. The zero-order chi connectivity index (χ0) is 13.8. The van der Waals surface area contributed by atoms with E-state index in [-0.39, 0.29) is 0 Å². The van der Waals surface area contributed by atoms with E-state index in [9.17, 15) is 0 Å². The van der Waals surface area contributed by atoms with Gasteiger partial charge in [0.25, 0.3) is 0 Å². The molecule has 106 valence electrons. The van der Waals surface area contributed by atoms with Crippen LogP contribution in [0.5, 0.6) is 0 Å². The van der Waals surface area contributed by atoms with Gasteiger partial charge in [0.15, 0.2) is 5.13 Å². The lowest BCUT2D eigenvalue weighted by molar-refractivity contribution is 0.250. The van der Waals surface area contributed by atoms with Gasteiger partial charge in [0.1, 0.15) is 5.82 Å². The van der Waals surface area contributed by atoms with Crippen molar-refractivity contribution in [1.29, 1.82) is 0 Å². The molecule has 6 heteroatoms. The van der Waals surface area contributed by atoms with E-state index in [1.807, 2.05) is 30.9 Å². The number of pyridine rings is 1. The lowest BCUT2D eigenvalue weighted by Gasteiger charge is -2.34. The van der Waals surface area contributed by atoms with E-state index < -0.39 is 0 Å². The summed E-state index contributed by atoms with van der Waals surface area (Å²) in [6.45, 7) is 5.18. The highest BCUT2D eigenvalue weighted by atomic mass is 32.1. The Balaban J connectivity index is 1.58. The lowest BCUT2D eigenvalue weighted by atomic mass is 10.2.